The predicted molar refractivity (Wildman–Crippen MR) is 103 cm³/mol. The Bertz CT molecular complexity index is 1020. The lowest BCUT2D eigenvalue weighted by Crippen LogP contribution is -2.37. The van der Waals surface area contributed by atoms with E-state index < -0.39 is 0 Å². The van der Waals surface area contributed by atoms with Crippen LogP contribution in [0.15, 0.2) is 24.3 Å². The second kappa shape index (κ2) is 7.61. The Morgan fingerprint density at radius 2 is 2.29 bits per heavy atom. The van der Waals surface area contributed by atoms with Gasteiger partial charge in [0.15, 0.2) is 16.9 Å². The first-order valence-electron chi connectivity index (χ1n) is 8.87. The van der Waals surface area contributed by atoms with Crippen LogP contribution in [0.2, 0.25) is 5.02 Å². The topological polar surface area (TPSA) is 130 Å². The number of rotatable bonds is 5. The highest BCUT2D eigenvalue weighted by molar-refractivity contribution is 6.31. The van der Waals surface area contributed by atoms with Crippen molar-refractivity contribution < 1.29 is 14.6 Å². The van der Waals surface area contributed by atoms with Gasteiger partial charge in [-0.3, -0.25) is 4.79 Å². The zero-order valence-electron chi connectivity index (χ0n) is 14.9. The molecule has 10 heteroatoms. The highest BCUT2D eigenvalue weighted by Gasteiger charge is 2.29. The number of pyridine rings is 1. The first-order valence-corrected chi connectivity index (χ1v) is 9.25. The van der Waals surface area contributed by atoms with E-state index in [1.165, 1.54) is 0 Å². The molecule has 4 rings (SSSR count). The predicted octanol–water partition coefficient (Wildman–Crippen LogP) is 1.76. The van der Waals surface area contributed by atoms with Crippen molar-refractivity contribution in [3.05, 3.63) is 40.4 Å². The molecule has 2 aromatic heterocycles. The van der Waals surface area contributed by atoms with E-state index in [-0.39, 0.29) is 31.0 Å². The quantitative estimate of drug-likeness (QED) is 0.592. The van der Waals surface area contributed by atoms with Crippen LogP contribution in [-0.4, -0.2) is 55.5 Å². The summed E-state index contributed by atoms with van der Waals surface area (Å²) in [7, 11) is 0. The molecule has 0 unspecified atom stereocenters. The number of amides is 1. The molecular formula is C18H19ClN6O3. The average molecular weight is 403 g/mol. The molecule has 1 aliphatic rings. The second-order valence-corrected chi connectivity index (χ2v) is 7.03. The molecule has 1 aliphatic heterocycles. The van der Waals surface area contributed by atoms with E-state index in [1.54, 1.807) is 29.2 Å². The maximum absolute atomic E-state index is 12.7. The van der Waals surface area contributed by atoms with E-state index in [2.05, 4.69) is 20.4 Å². The number of hydrogen-bond donors (Lipinski definition) is 3. The van der Waals surface area contributed by atoms with Crippen molar-refractivity contribution in [3.63, 3.8) is 0 Å². The fourth-order valence-corrected chi connectivity index (χ4v) is 3.59. The van der Waals surface area contributed by atoms with Crippen LogP contribution in [0.3, 0.4) is 0 Å². The molecular weight excluding hydrogens is 384 g/mol. The van der Waals surface area contributed by atoms with Gasteiger partial charge in [-0.25, -0.2) is 10.1 Å². The summed E-state index contributed by atoms with van der Waals surface area (Å²) in [6, 6.07) is 6.54. The second-order valence-electron chi connectivity index (χ2n) is 6.63. The van der Waals surface area contributed by atoms with Crippen LogP contribution < -0.4 is 10.5 Å². The van der Waals surface area contributed by atoms with Crippen LogP contribution >= 0.6 is 11.6 Å². The third-order valence-corrected chi connectivity index (χ3v) is 5.17. The normalized spacial score (nSPS) is 16.6. The molecule has 0 bridgehead atoms. The van der Waals surface area contributed by atoms with Gasteiger partial charge in [0, 0.05) is 28.8 Å². The largest absolute Gasteiger partial charge is 0.486 e. The van der Waals surface area contributed by atoms with Gasteiger partial charge in [0.1, 0.15) is 12.4 Å². The smallest absolute Gasteiger partial charge is 0.254 e. The molecule has 1 amide bonds. The third kappa shape index (κ3) is 3.46. The number of nitrogens with two attached hydrogens (primary N) is 1. The van der Waals surface area contributed by atoms with Crippen LogP contribution in [0.4, 0.5) is 5.82 Å². The molecule has 3 aromatic rings. The molecule has 146 valence electrons. The number of nitrogens with one attached hydrogen (secondary N) is 1. The summed E-state index contributed by atoms with van der Waals surface area (Å²) < 4.78 is 5.80. The molecule has 0 aliphatic carbocycles. The lowest BCUT2D eigenvalue weighted by Gasteiger charge is -2.23. The van der Waals surface area contributed by atoms with Gasteiger partial charge in [-0.15, -0.1) is 5.10 Å². The number of benzene rings is 1. The summed E-state index contributed by atoms with van der Waals surface area (Å²) in [6.07, 6.45) is 1.70. The van der Waals surface area contributed by atoms with Crippen molar-refractivity contribution in [2.75, 3.05) is 18.9 Å². The van der Waals surface area contributed by atoms with Gasteiger partial charge in [-0.05, 0) is 25.0 Å². The number of aromatic amines is 1. The Kier molecular flexibility index (Phi) is 5.01. The average Bonchev–Trinajstić information content (AvgIpc) is 3.35. The van der Waals surface area contributed by atoms with Gasteiger partial charge in [-0.1, -0.05) is 22.9 Å². The van der Waals surface area contributed by atoms with E-state index in [1.807, 2.05) is 0 Å². The van der Waals surface area contributed by atoms with E-state index in [9.17, 15) is 9.90 Å². The molecule has 0 spiro atoms. The third-order valence-electron chi connectivity index (χ3n) is 4.82. The van der Waals surface area contributed by atoms with Crippen molar-refractivity contribution in [1.82, 2.24) is 25.3 Å². The van der Waals surface area contributed by atoms with Gasteiger partial charge in [0.25, 0.3) is 5.91 Å². The molecule has 1 fully saturated rings. The highest BCUT2D eigenvalue weighted by atomic mass is 35.5. The first-order chi connectivity index (χ1) is 13.6. The number of carbonyl (C=O) groups excluding carboxylic acids is 1. The van der Waals surface area contributed by atoms with Crippen LogP contribution in [0, 0.1) is 0 Å². The fourth-order valence-electron chi connectivity index (χ4n) is 3.35. The SMILES string of the molecule is Nc1cc(OCc2ccc(C(=O)N3CCC[C@H]3CO)cc2Cl)c2nn[nH]c2n1. The Hall–Kier alpha value is -2.91. The van der Waals surface area contributed by atoms with Crippen molar-refractivity contribution in [2.45, 2.75) is 25.5 Å². The van der Waals surface area contributed by atoms with Crippen molar-refractivity contribution in [3.8, 4) is 5.75 Å². The number of fused-ring (bicyclic) bond motifs is 1. The Morgan fingerprint density at radius 3 is 3.07 bits per heavy atom. The lowest BCUT2D eigenvalue weighted by atomic mass is 10.1. The number of hydrogen-bond acceptors (Lipinski definition) is 7. The zero-order chi connectivity index (χ0) is 19.7. The summed E-state index contributed by atoms with van der Waals surface area (Å²) in [5.74, 6) is 0.595. The summed E-state index contributed by atoms with van der Waals surface area (Å²) in [5, 5.41) is 20.1. The van der Waals surface area contributed by atoms with Gasteiger partial charge >= 0.3 is 0 Å². The molecule has 3 heterocycles. The lowest BCUT2D eigenvalue weighted by molar-refractivity contribution is 0.0677. The molecule has 1 atom stereocenters. The number of aliphatic hydroxyl groups is 1. The highest BCUT2D eigenvalue weighted by Crippen LogP contribution is 2.27. The first kappa shape index (κ1) is 18.5. The molecule has 1 aromatic carbocycles. The minimum atomic E-state index is -0.128. The van der Waals surface area contributed by atoms with Crippen LogP contribution in [-0.2, 0) is 6.61 Å². The Balaban J connectivity index is 1.50. The van der Waals surface area contributed by atoms with Gasteiger partial charge < -0.3 is 20.5 Å². The number of likely N-dealkylation sites (tertiary alicyclic amines) is 1. The molecule has 9 nitrogen and oxygen atoms in total. The molecule has 28 heavy (non-hydrogen) atoms. The number of carbonyl (C=O) groups is 1. The van der Waals surface area contributed by atoms with Crippen molar-refractivity contribution in [2.24, 2.45) is 0 Å². The minimum Gasteiger partial charge on any atom is -0.486 e. The van der Waals surface area contributed by atoms with Crippen LogP contribution in [0.25, 0.3) is 11.2 Å². The number of nitrogen functional groups attached to an aromatic ring is 1. The van der Waals surface area contributed by atoms with E-state index in [0.717, 1.165) is 12.8 Å². The fraction of sp³-hybridized carbons (Fsp3) is 0.333. The molecule has 1 saturated heterocycles. The number of anilines is 1. The summed E-state index contributed by atoms with van der Waals surface area (Å²) >= 11 is 6.37. The van der Waals surface area contributed by atoms with Crippen LogP contribution in [0.1, 0.15) is 28.8 Å². The number of ether oxygens (including phenoxy) is 1. The number of nitrogens with zero attached hydrogens (tertiary/aromatic N) is 4. The van der Waals surface area contributed by atoms with E-state index in [0.29, 0.717) is 39.6 Å². The molecule has 4 N–H and O–H groups in total. The summed E-state index contributed by atoms with van der Waals surface area (Å²) in [4.78, 5) is 18.5. The van der Waals surface area contributed by atoms with Crippen LogP contribution in [0.5, 0.6) is 5.75 Å². The van der Waals surface area contributed by atoms with Gasteiger partial charge in [-0.2, -0.15) is 0 Å². The Morgan fingerprint density at radius 1 is 1.43 bits per heavy atom. The molecule has 0 saturated carbocycles. The summed E-state index contributed by atoms with van der Waals surface area (Å²) in [5.41, 5.74) is 7.88. The molecule has 0 radical (unpaired) electrons. The number of aliphatic hydroxyl groups excluding tert-OH is 1. The Labute approximate surface area is 165 Å². The van der Waals surface area contributed by atoms with Crippen molar-refractivity contribution >= 4 is 34.5 Å². The van der Waals surface area contributed by atoms with Crippen molar-refractivity contribution in [1.29, 1.82) is 0 Å². The summed E-state index contributed by atoms with van der Waals surface area (Å²) in [6.45, 7) is 0.780. The zero-order valence-corrected chi connectivity index (χ0v) is 15.7. The number of aromatic nitrogens is 4. The van der Waals surface area contributed by atoms with Gasteiger partial charge in [0.2, 0.25) is 0 Å². The maximum Gasteiger partial charge on any atom is 0.254 e. The number of H-pyrrole nitrogens is 1. The van der Waals surface area contributed by atoms with Gasteiger partial charge in [0.05, 0.1) is 12.6 Å². The van der Waals surface area contributed by atoms with E-state index >= 15 is 0 Å². The van der Waals surface area contributed by atoms with E-state index in [4.69, 9.17) is 22.1 Å². The monoisotopic (exact) mass is 402 g/mol. The number of halogens is 1. The standard InChI is InChI=1S/C18H19ClN6O3/c19-13-6-10(18(27)25-5-1-2-12(25)8-26)3-4-11(13)9-28-14-7-15(20)21-17-16(14)22-24-23-17/h3-4,6-7,12,26H,1-2,5,8-9H2,(H3,20,21,22,23,24)/t12-/m0/s1. The minimum absolute atomic E-state index is 0.0308. The maximum atomic E-state index is 12.7.